The number of hydrogen-bond acceptors (Lipinski definition) is 8. The Morgan fingerprint density at radius 3 is 2.55 bits per heavy atom. The van der Waals surface area contributed by atoms with Gasteiger partial charge in [0.1, 0.15) is 12.4 Å². The summed E-state index contributed by atoms with van der Waals surface area (Å²) in [6.07, 6.45) is 1.82. The van der Waals surface area contributed by atoms with Crippen LogP contribution in [0.4, 0.5) is 0 Å². The highest BCUT2D eigenvalue weighted by Gasteiger charge is 2.35. The molecule has 1 aromatic heterocycles. The van der Waals surface area contributed by atoms with Gasteiger partial charge in [-0.25, -0.2) is 9.79 Å². The Hall–Kier alpha value is -4.67. The maximum atomic E-state index is 14.2. The molecule has 0 N–H and O–H groups in total. The van der Waals surface area contributed by atoms with Gasteiger partial charge in [-0.3, -0.25) is 9.36 Å². The van der Waals surface area contributed by atoms with Crippen LogP contribution in [0.5, 0.6) is 17.2 Å². The minimum absolute atomic E-state index is 0.180. The second kappa shape index (κ2) is 14.0. The predicted molar refractivity (Wildman–Crippen MR) is 187 cm³/mol. The molecule has 0 amide bonds. The van der Waals surface area contributed by atoms with E-state index in [1.54, 1.807) is 37.7 Å². The van der Waals surface area contributed by atoms with E-state index < -0.39 is 12.0 Å². The minimum Gasteiger partial charge on any atom is -0.493 e. The molecule has 0 bridgehead atoms. The van der Waals surface area contributed by atoms with Crippen molar-refractivity contribution in [1.29, 1.82) is 0 Å². The highest BCUT2D eigenvalue weighted by molar-refractivity contribution is 9.10. The fraction of sp³-hybridized carbons (Fsp3) is 0.216. The molecule has 0 spiro atoms. The molecule has 0 fully saturated rings. The quantitative estimate of drug-likeness (QED) is 0.150. The Morgan fingerprint density at radius 2 is 1.77 bits per heavy atom. The molecule has 0 unspecified atom stereocenters. The zero-order valence-electron chi connectivity index (χ0n) is 26.4. The van der Waals surface area contributed by atoms with Crippen LogP contribution in [0.3, 0.4) is 0 Å². The Labute approximate surface area is 284 Å². The van der Waals surface area contributed by atoms with Gasteiger partial charge in [0.05, 0.1) is 42.2 Å². The smallest absolute Gasteiger partial charge is 0.338 e. The van der Waals surface area contributed by atoms with Gasteiger partial charge < -0.3 is 18.9 Å². The van der Waals surface area contributed by atoms with E-state index in [0.29, 0.717) is 55.5 Å². The standard InChI is InChI=1S/C37H33BrN2O6S/c1-5-44-31-20-29(38)28(19-30(31)43-4)34-33(36(42)45-6-2)22(3)39-37-40(34)35(41)32(47-37)18-23-11-9-15-26(17-23)46-21-25-14-10-13-24-12-7-8-16-27(24)25/h7-20,34H,5-6,21H2,1-4H3/b32-18+/t34-/m0/s1. The summed E-state index contributed by atoms with van der Waals surface area (Å²) >= 11 is 4.93. The summed E-state index contributed by atoms with van der Waals surface area (Å²) in [5, 5.41) is 2.31. The molecular weight excluding hydrogens is 680 g/mol. The summed E-state index contributed by atoms with van der Waals surface area (Å²) in [4.78, 5) is 32.7. The van der Waals surface area contributed by atoms with Crippen LogP contribution in [-0.2, 0) is 16.1 Å². The highest BCUT2D eigenvalue weighted by Crippen LogP contribution is 2.41. The molecule has 2 heterocycles. The fourth-order valence-corrected chi connectivity index (χ4v) is 7.28. The molecule has 1 atom stereocenters. The average molecular weight is 714 g/mol. The first-order chi connectivity index (χ1) is 22.8. The van der Waals surface area contributed by atoms with Crippen molar-refractivity contribution in [3.63, 3.8) is 0 Å². The van der Waals surface area contributed by atoms with Crippen molar-refractivity contribution in [2.24, 2.45) is 4.99 Å². The van der Waals surface area contributed by atoms with E-state index in [4.69, 9.17) is 23.9 Å². The zero-order chi connectivity index (χ0) is 33.1. The van der Waals surface area contributed by atoms with Crippen molar-refractivity contribution >= 4 is 50.1 Å². The van der Waals surface area contributed by atoms with Crippen LogP contribution in [0.1, 0.15) is 43.5 Å². The number of rotatable bonds is 10. The van der Waals surface area contributed by atoms with E-state index in [2.05, 4.69) is 40.2 Å². The van der Waals surface area contributed by atoms with Gasteiger partial charge in [0.15, 0.2) is 16.3 Å². The first-order valence-corrected chi connectivity index (χ1v) is 16.8. The van der Waals surface area contributed by atoms with E-state index >= 15 is 0 Å². The third-order valence-corrected chi connectivity index (χ3v) is 9.49. The lowest BCUT2D eigenvalue weighted by Gasteiger charge is -2.26. The second-order valence-electron chi connectivity index (χ2n) is 10.8. The third-order valence-electron chi connectivity index (χ3n) is 7.82. The van der Waals surface area contributed by atoms with Gasteiger partial charge in [-0.05, 0) is 78.6 Å². The molecule has 6 rings (SSSR count). The molecule has 4 aromatic carbocycles. The minimum atomic E-state index is -0.818. The van der Waals surface area contributed by atoms with Crippen LogP contribution in [0.2, 0.25) is 0 Å². The molecule has 8 nitrogen and oxygen atoms in total. The summed E-state index contributed by atoms with van der Waals surface area (Å²) < 4.78 is 25.7. The molecule has 10 heteroatoms. The number of allylic oxidation sites excluding steroid dienone is 1. The number of fused-ring (bicyclic) bond motifs is 2. The van der Waals surface area contributed by atoms with Crippen molar-refractivity contribution in [1.82, 2.24) is 4.57 Å². The molecule has 1 aliphatic rings. The van der Waals surface area contributed by atoms with E-state index in [1.807, 2.05) is 55.5 Å². The van der Waals surface area contributed by atoms with Crippen molar-refractivity contribution in [2.75, 3.05) is 20.3 Å². The molecule has 1 aliphatic heterocycles. The Bertz CT molecular complexity index is 2200. The highest BCUT2D eigenvalue weighted by atomic mass is 79.9. The van der Waals surface area contributed by atoms with Gasteiger partial charge in [0.2, 0.25) is 0 Å². The molecule has 5 aromatic rings. The Morgan fingerprint density at radius 1 is 0.979 bits per heavy atom. The van der Waals surface area contributed by atoms with Crippen molar-refractivity contribution in [2.45, 2.75) is 33.4 Å². The molecule has 47 heavy (non-hydrogen) atoms. The van der Waals surface area contributed by atoms with Gasteiger partial charge in [0.25, 0.3) is 5.56 Å². The lowest BCUT2D eigenvalue weighted by atomic mass is 9.95. The summed E-state index contributed by atoms with van der Waals surface area (Å²) in [6.45, 7) is 6.42. The number of esters is 1. The number of hydrogen-bond donors (Lipinski definition) is 0. The van der Waals surface area contributed by atoms with Crippen LogP contribution < -0.4 is 29.1 Å². The number of ether oxygens (including phenoxy) is 4. The van der Waals surface area contributed by atoms with Gasteiger partial charge in [-0.1, -0.05) is 81.9 Å². The van der Waals surface area contributed by atoms with Crippen molar-refractivity contribution < 1.29 is 23.7 Å². The number of carbonyl (C=O) groups excluding carboxylic acids is 1. The lowest BCUT2D eigenvalue weighted by Crippen LogP contribution is -2.40. The van der Waals surface area contributed by atoms with Crippen LogP contribution in [0.25, 0.3) is 16.8 Å². The predicted octanol–water partition coefficient (Wildman–Crippen LogP) is 6.70. The van der Waals surface area contributed by atoms with Crippen molar-refractivity contribution in [3.05, 3.63) is 131 Å². The Balaban J connectivity index is 1.41. The Kier molecular flexibility index (Phi) is 9.60. The summed E-state index contributed by atoms with van der Waals surface area (Å²) in [5.41, 5.74) is 3.00. The number of thiazole rings is 1. The molecule has 0 saturated carbocycles. The monoisotopic (exact) mass is 712 g/mol. The van der Waals surface area contributed by atoms with Gasteiger partial charge in [-0.2, -0.15) is 0 Å². The van der Waals surface area contributed by atoms with Gasteiger partial charge in [-0.15, -0.1) is 0 Å². The van der Waals surface area contributed by atoms with E-state index in [0.717, 1.165) is 21.9 Å². The second-order valence-corrected chi connectivity index (χ2v) is 12.6. The van der Waals surface area contributed by atoms with Gasteiger partial charge in [0, 0.05) is 4.47 Å². The molecule has 0 aliphatic carbocycles. The van der Waals surface area contributed by atoms with Crippen LogP contribution in [0.15, 0.2) is 104 Å². The van der Waals surface area contributed by atoms with E-state index in [9.17, 15) is 9.59 Å². The molecule has 0 saturated heterocycles. The number of methoxy groups -OCH3 is 1. The maximum absolute atomic E-state index is 14.2. The SMILES string of the molecule is CCOC(=O)C1=C(C)N=c2s/c(=C/c3cccc(OCc4cccc5ccccc45)c3)c(=O)n2[C@H]1c1cc(OC)c(OCC)cc1Br. The molecule has 240 valence electrons. The summed E-state index contributed by atoms with van der Waals surface area (Å²) in [6, 6.07) is 24.8. The normalized spacial score (nSPS) is 14.5. The maximum Gasteiger partial charge on any atom is 0.338 e. The van der Waals surface area contributed by atoms with Gasteiger partial charge >= 0.3 is 5.97 Å². The fourth-order valence-electron chi connectivity index (χ4n) is 5.70. The first kappa shape index (κ1) is 32.3. The largest absolute Gasteiger partial charge is 0.493 e. The lowest BCUT2D eigenvalue weighted by molar-refractivity contribution is -0.139. The van der Waals surface area contributed by atoms with E-state index in [1.165, 1.54) is 11.3 Å². The van der Waals surface area contributed by atoms with Crippen molar-refractivity contribution in [3.8, 4) is 17.2 Å². The topological polar surface area (TPSA) is 88.4 Å². The number of nitrogens with zero attached hydrogens (tertiary/aromatic N) is 2. The number of benzene rings is 4. The number of aromatic nitrogens is 1. The zero-order valence-corrected chi connectivity index (χ0v) is 28.8. The summed E-state index contributed by atoms with van der Waals surface area (Å²) in [7, 11) is 1.55. The number of halogens is 1. The van der Waals surface area contributed by atoms with Crippen LogP contribution in [-0.4, -0.2) is 30.9 Å². The summed E-state index contributed by atoms with van der Waals surface area (Å²) in [5.74, 6) is 1.16. The van der Waals surface area contributed by atoms with Crippen LogP contribution >= 0.6 is 27.3 Å². The van der Waals surface area contributed by atoms with E-state index in [-0.39, 0.29) is 17.7 Å². The third kappa shape index (κ3) is 6.48. The molecule has 0 radical (unpaired) electrons. The number of carbonyl (C=O) groups is 1. The van der Waals surface area contributed by atoms with Crippen LogP contribution in [0, 0.1) is 0 Å². The first-order valence-electron chi connectivity index (χ1n) is 15.2. The average Bonchev–Trinajstić information content (AvgIpc) is 3.37. The molecular formula is C37H33BrN2O6S.